The van der Waals surface area contributed by atoms with Gasteiger partial charge in [-0.15, -0.1) is 0 Å². The second-order valence-corrected chi connectivity index (χ2v) is 3.99. The van der Waals surface area contributed by atoms with E-state index >= 15 is 0 Å². The predicted octanol–water partition coefficient (Wildman–Crippen LogP) is 2.40. The van der Waals surface area contributed by atoms with Gasteiger partial charge in [-0.25, -0.2) is 0 Å². The summed E-state index contributed by atoms with van der Waals surface area (Å²) in [4.78, 5) is 4.22. The fourth-order valence-electron chi connectivity index (χ4n) is 1.52. The number of aliphatic imine (C=N–C) groups is 1. The molecule has 1 aromatic carbocycles. The Hall–Kier alpha value is -1.81. The van der Waals surface area contributed by atoms with Crippen molar-refractivity contribution in [1.82, 2.24) is 0 Å². The third-order valence-electron chi connectivity index (χ3n) is 2.50. The Morgan fingerprint density at radius 1 is 1.11 bits per heavy atom. The van der Waals surface area contributed by atoms with Crippen molar-refractivity contribution in [3.63, 3.8) is 0 Å². The Morgan fingerprint density at radius 2 is 1.89 bits per heavy atom. The van der Waals surface area contributed by atoms with Crippen molar-refractivity contribution in [1.29, 1.82) is 0 Å². The van der Waals surface area contributed by atoms with E-state index in [1.807, 2.05) is 24.3 Å². The molecule has 0 atom stereocenters. The molecular weight excluding hydrogens is 224 g/mol. The molecule has 0 aliphatic carbocycles. The molecule has 4 nitrogen and oxygen atoms in total. The summed E-state index contributed by atoms with van der Waals surface area (Å²) >= 11 is 0. The summed E-state index contributed by atoms with van der Waals surface area (Å²) in [6.07, 6.45) is 8.26. The normalized spacial score (nSPS) is 11.4. The molecule has 0 heterocycles. The largest absolute Gasteiger partial charge is 0.405 e. The van der Waals surface area contributed by atoms with E-state index in [4.69, 9.17) is 11.5 Å². The van der Waals surface area contributed by atoms with Crippen LogP contribution in [0.5, 0.6) is 0 Å². The number of rotatable bonds is 8. The first-order valence-electron chi connectivity index (χ1n) is 6.31. The molecule has 0 bridgehead atoms. The minimum Gasteiger partial charge on any atom is -0.405 e. The van der Waals surface area contributed by atoms with E-state index in [1.165, 1.54) is 12.6 Å². The van der Waals surface area contributed by atoms with Crippen molar-refractivity contribution in [2.75, 3.05) is 18.4 Å². The maximum absolute atomic E-state index is 5.44. The first-order valence-corrected chi connectivity index (χ1v) is 6.31. The lowest BCUT2D eigenvalue weighted by molar-refractivity contribution is 0.707. The summed E-state index contributed by atoms with van der Waals surface area (Å²) in [5.74, 6) is 0. The van der Waals surface area contributed by atoms with Crippen LogP contribution in [0.3, 0.4) is 0 Å². The van der Waals surface area contributed by atoms with Gasteiger partial charge in [-0.05, 0) is 55.9 Å². The van der Waals surface area contributed by atoms with Crippen LogP contribution in [-0.4, -0.2) is 19.3 Å². The van der Waals surface area contributed by atoms with Crippen LogP contribution < -0.4 is 16.8 Å². The average molecular weight is 246 g/mol. The van der Waals surface area contributed by atoms with Gasteiger partial charge in [-0.2, -0.15) is 0 Å². The summed E-state index contributed by atoms with van der Waals surface area (Å²) in [6.45, 7) is 1.77. The van der Waals surface area contributed by atoms with E-state index in [9.17, 15) is 0 Å². The van der Waals surface area contributed by atoms with Gasteiger partial charge >= 0.3 is 0 Å². The van der Waals surface area contributed by atoms with Gasteiger partial charge < -0.3 is 16.8 Å². The van der Waals surface area contributed by atoms with Gasteiger partial charge in [0.05, 0.1) is 5.69 Å². The maximum Gasteiger partial charge on any atom is 0.0631 e. The Labute approximate surface area is 109 Å². The summed E-state index contributed by atoms with van der Waals surface area (Å²) in [5.41, 5.74) is 12.7. The summed E-state index contributed by atoms with van der Waals surface area (Å²) in [6, 6.07) is 8.01. The fourth-order valence-corrected chi connectivity index (χ4v) is 1.52. The lowest BCUT2D eigenvalue weighted by Crippen LogP contribution is -2.03. The van der Waals surface area contributed by atoms with Crippen molar-refractivity contribution in [3.8, 4) is 0 Å². The zero-order valence-electron chi connectivity index (χ0n) is 10.7. The number of anilines is 1. The predicted molar refractivity (Wildman–Crippen MR) is 79.3 cm³/mol. The van der Waals surface area contributed by atoms with Crippen molar-refractivity contribution in [2.24, 2.45) is 16.5 Å². The number of hydrogen-bond donors (Lipinski definition) is 3. The molecule has 18 heavy (non-hydrogen) atoms. The van der Waals surface area contributed by atoms with E-state index in [0.717, 1.165) is 37.3 Å². The lowest BCUT2D eigenvalue weighted by atomic mass is 10.2. The van der Waals surface area contributed by atoms with Crippen LogP contribution in [0.2, 0.25) is 0 Å². The maximum atomic E-state index is 5.44. The van der Waals surface area contributed by atoms with Gasteiger partial charge in [0.1, 0.15) is 0 Å². The van der Waals surface area contributed by atoms with Crippen molar-refractivity contribution >= 4 is 17.6 Å². The van der Waals surface area contributed by atoms with Gasteiger partial charge in [0.2, 0.25) is 0 Å². The topological polar surface area (TPSA) is 76.4 Å². The van der Waals surface area contributed by atoms with Gasteiger partial charge in [-0.1, -0.05) is 6.42 Å². The van der Waals surface area contributed by atoms with Crippen LogP contribution in [0.25, 0.3) is 0 Å². The molecule has 0 unspecified atom stereocenters. The van der Waals surface area contributed by atoms with Gasteiger partial charge in [0.25, 0.3) is 0 Å². The highest BCUT2D eigenvalue weighted by atomic mass is 14.9. The minimum absolute atomic E-state index is 0.782. The third-order valence-corrected chi connectivity index (χ3v) is 2.50. The molecule has 0 aliphatic rings. The van der Waals surface area contributed by atoms with Gasteiger partial charge in [0, 0.05) is 18.4 Å². The molecule has 0 spiro atoms. The monoisotopic (exact) mass is 246 g/mol. The number of hydrogen-bond acceptors (Lipinski definition) is 4. The Kier molecular flexibility index (Phi) is 7.32. The number of nitrogens with zero attached hydrogens (tertiary/aromatic N) is 1. The first kappa shape index (κ1) is 14.3. The molecule has 0 saturated carbocycles. The average Bonchev–Trinajstić information content (AvgIpc) is 2.40. The van der Waals surface area contributed by atoms with E-state index in [1.54, 1.807) is 12.3 Å². The van der Waals surface area contributed by atoms with E-state index < -0.39 is 0 Å². The highest BCUT2D eigenvalue weighted by Crippen LogP contribution is 2.15. The van der Waals surface area contributed by atoms with Gasteiger partial charge in [-0.3, -0.25) is 4.99 Å². The van der Waals surface area contributed by atoms with Crippen molar-refractivity contribution in [2.45, 2.75) is 19.3 Å². The number of nitrogens with one attached hydrogen (secondary N) is 1. The summed E-state index contributed by atoms with van der Waals surface area (Å²) in [7, 11) is 0. The van der Waals surface area contributed by atoms with Crippen molar-refractivity contribution < 1.29 is 0 Å². The molecule has 4 heteroatoms. The summed E-state index contributed by atoms with van der Waals surface area (Å²) in [5, 5.41) is 3.37. The Morgan fingerprint density at radius 3 is 2.56 bits per heavy atom. The van der Waals surface area contributed by atoms with Crippen LogP contribution in [-0.2, 0) is 0 Å². The highest BCUT2D eigenvalue weighted by molar-refractivity contribution is 5.74. The molecule has 0 radical (unpaired) electrons. The molecule has 5 N–H and O–H groups in total. The second-order valence-electron chi connectivity index (χ2n) is 3.99. The van der Waals surface area contributed by atoms with Crippen LogP contribution in [0, 0.1) is 0 Å². The van der Waals surface area contributed by atoms with Gasteiger partial charge in [0.15, 0.2) is 0 Å². The van der Waals surface area contributed by atoms with Crippen LogP contribution in [0.1, 0.15) is 19.3 Å². The molecule has 0 aromatic heterocycles. The molecule has 0 fully saturated rings. The summed E-state index contributed by atoms with van der Waals surface area (Å²) < 4.78 is 0. The Bertz CT molecular complexity index is 368. The SMILES string of the molecule is NC=CC=Nc1ccc(NCCCCCN)cc1. The van der Waals surface area contributed by atoms with Crippen molar-refractivity contribution in [3.05, 3.63) is 36.5 Å². The zero-order chi connectivity index (χ0) is 13.1. The molecule has 1 rings (SSSR count). The number of unbranched alkanes of at least 4 members (excludes halogenated alkanes) is 2. The number of nitrogens with two attached hydrogens (primary N) is 2. The molecule has 98 valence electrons. The number of allylic oxidation sites excluding steroid dienone is 1. The van der Waals surface area contributed by atoms with E-state index in [0.29, 0.717) is 0 Å². The Balaban J connectivity index is 2.31. The fraction of sp³-hybridized carbons (Fsp3) is 0.357. The van der Waals surface area contributed by atoms with Crippen LogP contribution in [0.4, 0.5) is 11.4 Å². The third kappa shape index (κ3) is 6.06. The van der Waals surface area contributed by atoms with E-state index in [-0.39, 0.29) is 0 Å². The molecule has 0 saturated heterocycles. The molecule has 0 amide bonds. The smallest absolute Gasteiger partial charge is 0.0631 e. The lowest BCUT2D eigenvalue weighted by Gasteiger charge is -2.06. The van der Waals surface area contributed by atoms with Crippen LogP contribution in [0.15, 0.2) is 41.5 Å². The number of benzene rings is 1. The quantitative estimate of drug-likeness (QED) is 0.487. The molecular formula is C14H22N4. The zero-order valence-corrected chi connectivity index (χ0v) is 10.7. The second kappa shape index (κ2) is 9.24. The minimum atomic E-state index is 0.782. The van der Waals surface area contributed by atoms with E-state index in [2.05, 4.69) is 10.3 Å². The first-order chi connectivity index (χ1) is 8.86. The highest BCUT2D eigenvalue weighted by Gasteiger charge is 1.92. The molecule has 0 aliphatic heterocycles. The molecule has 1 aromatic rings. The standard InChI is InChI=1S/C14H22N4/c15-9-2-1-3-11-17-13-5-7-14(8-6-13)18-12-4-10-16/h4-8,10,12,17H,1-3,9,11,15-16H2. The van der Waals surface area contributed by atoms with Crippen LogP contribution >= 0.6 is 0 Å².